The van der Waals surface area contributed by atoms with Gasteiger partial charge in [-0.25, -0.2) is 8.78 Å². The highest BCUT2D eigenvalue weighted by Crippen LogP contribution is 2.23. The fraction of sp³-hybridized carbons (Fsp3) is 0. The Hall–Kier alpha value is -2.17. The summed E-state index contributed by atoms with van der Waals surface area (Å²) in [4.78, 5) is 13.3. The minimum Gasteiger partial charge on any atom is -0.394 e. The van der Waals surface area contributed by atoms with Crippen LogP contribution in [0.2, 0.25) is 0 Å². The van der Waals surface area contributed by atoms with Gasteiger partial charge in [0.15, 0.2) is 11.6 Å². The number of nitrogen functional groups attached to an aromatic ring is 1. The summed E-state index contributed by atoms with van der Waals surface area (Å²) in [6.45, 7) is 0. The molecule has 0 aliphatic heterocycles. The standard InChI is InChI=1S/C11H8F2N2O/c12-8-3-1-2-7(10(8)13)6-4-9(14)11(16)15-5-6/h1-5H,14H2,(H,15,16). The molecule has 0 spiro atoms. The zero-order chi connectivity index (χ0) is 11.7. The van der Waals surface area contributed by atoms with Crippen molar-refractivity contribution >= 4 is 5.69 Å². The monoisotopic (exact) mass is 222 g/mol. The number of aromatic amines is 1. The van der Waals surface area contributed by atoms with Crippen LogP contribution >= 0.6 is 0 Å². The van der Waals surface area contributed by atoms with E-state index in [1.807, 2.05) is 0 Å². The third-order valence-corrected chi connectivity index (χ3v) is 2.19. The lowest BCUT2D eigenvalue weighted by Gasteiger charge is -2.04. The van der Waals surface area contributed by atoms with Crippen molar-refractivity contribution in [2.75, 3.05) is 5.73 Å². The quantitative estimate of drug-likeness (QED) is 0.774. The molecule has 0 radical (unpaired) electrons. The smallest absolute Gasteiger partial charge is 0.271 e. The molecule has 82 valence electrons. The molecule has 3 N–H and O–H groups in total. The molecule has 0 saturated carbocycles. The maximum absolute atomic E-state index is 13.4. The second kappa shape index (κ2) is 3.77. The van der Waals surface area contributed by atoms with Crippen LogP contribution in [0.15, 0.2) is 35.3 Å². The van der Waals surface area contributed by atoms with Gasteiger partial charge in [-0.05, 0) is 12.1 Å². The van der Waals surface area contributed by atoms with Gasteiger partial charge in [-0.3, -0.25) is 4.79 Å². The summed E-state index contributed by atoms with van der Waals surface area (Å²) in [7, 11) is 0. The molecule has 0 bridgehead atoms. The fourth-order valence-electron chi connectivity index (χ4n) is 1.38. The Labute approximate surface area is 89.5 Å². The molecule has 0 atom stereocenters. The van der Waals surface area contributed by atoms with E-state index in [1.165, 1.54) is 24.4 Å². The lowest BCUT2D eigenvalue weighted by molar-refractivity contribution is 0.511. The largest absolute Gasteiger partial charge is 0.394 e. The van der Waals surface area contributed by atoms with E-state index in [2.05, 4.69) is 4.98 Å². The molecule has 1 aromatic heterocycles. The number of hydrogen-bond donors (Lipinski definition) is 2. The maximum Gasteiger partial charge on any atom is 0.271 e. The van der Waals surface area contributed by atoms with Gasteiger partial charge in [0.1, 0.15) is 0 Å². The van der Waals surface area contributed by atoms with Crippen molar-refractivity contribution in [3.05, 3.63) is 52.5 Å². The van der Waals surface area contributed by atoms with Gasteiger partial charge in [-0.2, -0.15) is 0 Å². The Bertz CT molecular complexity index is 593. The average molecular weight is 222 g/mol. The number of aromatic nitrogens is 1. The van der Waals surface area contributed by atoms with Crippen LogP contribution in [0.4, 0.5) is 14.5 Å². The Balaban J connectivity index is 2.63. The van der Waals surface area contributed by atoms with E-state index in [9.17, 15) is 13.6 Å². The molecule has 1 heterocycles. The van der Waals surface area contributed by atoms with Crippen molar-refractivity contribution in [1.29, 1.82) is 0 Å². The fourth-order valence-corrected chi connectivity index (χ4v) is 1.38. The van der Waals surface area contributed by atoms with Crippen molar-refractivity contribution in [2.45, 2.75) is 0 Å². The summed E-state index contributed by atoms with van der Waals surface area (Å²) >= 11 is 0. The van der Waals surface area contributed by atoms with Crippen LogP contribution in [0, 0.1) is 11.6 Å². The summed E-state index contributed by atoms with van der Waals surface area (Å²) < 4.78 is 26.4. The Kier molecular flexibility index (Phi) is 2.44. The van der Waals surface area contributed by atoms with E-state index < -0.39 is 17.2 Å². The summed E-state index contributed by atoms with van der Waals surface area (Å²) in [6.07, 6.45) is 1.29. The molecule has 0 fully saturated rings. The molecule has 0 saturated heterocycles. The third-order valence-electron chi connectivity index (χ3n) is 2.19. The van der Waals surface area contributed by atoms with Crippen molar-refractivity contribution in [1.82, 2.24) is 4.98 Å². The van der Waals surface area contributed by atoms with Crippen LogP contribution in [-0.2, 0) is 0 Å². The molecule has 2 aromatic rings. The molecular formula is C11H8F2N2O. The zero-order valence-electron chi connectivity index (χ0n) is 8.13. The van der Waals surface area contributed by atoms with Gasteiger partial charge in [0, 0.05) is 17.3 Å². The molecule has 2 rings (SSSR count). The Morgan fingerprint density at radius 2 is 2.00 bits per heavy atom. The Morgan fingerprint density at radius 1 is 1.25 bits per heavy atom. The van der Waals surface area contributed by atoms with Gasteiger partial charge in [0.05, 0.1) is 5.69 Å². The van der Waals surface area contributed by atoms with Crippen LogP contribution in [0.3, 0.4) is 0 Å². The number of rotatable bonds is 1. The van der Waals surface area contributed by atoms with E-state index in [-0.39, 0.29) is 11.3 Å². The molecule has 0 amide bonds. The first-order valence-corrected chi connectivity index (χ1v) is 4.52. The lowest BCUT2D eigenvalue weighted by atomic mass is 10.1. The summed E-state index contributed by atoms with van der Waals surface area (Å²) in [5, 5.41) is 0. The number of anilines is 1. The minimum absolute atomic E-state index is 0.0406. The van der Waals surface area contributed by atoms with E-state index in [1.54, 1.807) is 0 Å². The van der Waals surface area contributed by atoms with Gasteiger partial charge in [0.2, 0.25) is 0 Å². The van der Waals surface area contributed by atoms with Gasteiger partial charge in [-0.1, -0.05) is 12.1 Å². The van der Waals surface area contributed by atoms with Crippen molar-refractivity contribution < 1.29 is 8.78 Å². The molecule has 16 heavy (non-hydrogen) atoms. The van der Waals surface area contributed by atoms with E-state index in [0.29, 0.717) is 5.56 Å². The highest BCUT2D eigenvalue weighted by atomic mass is 19.2. The molecule has 5 heteroatoms. The van der Waals surface area contributed by atoms with Crippen LogP contribution in [0.1, 0.15) is 0 Å². The summed E-state index contributed by atoms with van der Waals surface area (Å²) in [6, 6.07) is 5.12. The van der Waals surface area contributed by atoms with Crippen LogP contribution in [0.25, 0.3) is 11.1 Å². The van der Waals surface area contributed by atoms with Gasteiger partial charge >= 0.3 is 0 Å². The minimum atomic E-state index is -0.964. The predicted molar refractivity (Wildman–Crippen MR) is 56.8 cm³/mol. The number of nitrogens with two attached hydrogens (primary N) is 1. The summed E-state index contributed by atoms with van der Waals surface area (Å²) in [5.74, 6) is -1.91. The van der Waals surface area contributed by atoms with Crippen LogP contribution in [-0.4, -0.2) is 4.98 Å². The molecule has 0 aliphatic carbocycles. The molecule has 1 aromatic carbocycles. The van der Waals surface area contributed by atoms with Crippen LogP contribution < -0.4 is 11.3 Å². The highest BCUT2D eigenvalue weighted by molar-refractivity contribution is 5.66. The van der Waals surface area contributed by atoms with E-state index in [4.69, 9.17) is 5.73 Å². The lowest BCUT2D eigenvalue weighted by Crippen LogP contribution is -2.10. The summed E-state index contributed by atoms with van der Waals surface area (Å²) in [5.41, 5.74) is 5.27. The number of hydrogen-bond acceptors (Lipinski definition) is 2. The van der Waals surface area contributed by atoms with Crippen molar-refractivity contribution in [3.8, 4) is 11.1 Å². The first-order valence-electron chi connectivity index (χ1n) is 4.52. The number of benzene rings is 1. The van der Waals surface area contributed by atoms with Crippen molar-refractivity contribution in [2.24, 2.45) is 0 Å². The van der Waals surface area contributed by atoms with Gasteiger partial charge < -0.3 is 10.7 Å². The SMILES string of the molecule is Nc1cc(-c2cccc(F)c2F)c[nH]c1=O. The van der Waals surface area contributed by atoms with Crippen molar-refractivity contribution in [3.63, 3.8) is 0 Å². The van der Waals surface area contributed by atoms with E-state index in [0.717, 1.165) is 6.07 Å². The molecule has 0 unspecified atom stereocenters. The second-order valence-corrected chi connectivity index (χ2v) is 3.27. The van der Waals surface area contributed by atoms with E-state index >= 15 is 0 Å². The normalized spacial score (nSPS) is 10.4. The second-order valence-electron chi connectivity index (χ2n) is 3.27. The Morgan fingerprint density at radius 3 is 2.69 bits per heavy atom. The first-order chi connectivity index (χ1) is 7.59. The number of nitrogens with one attached hydrogen (secondary N) is 1. The number of halogens is 2. The third kappa shape index (κ3) is 1.67. The van der Waals surface area contributed by atoms with Gasteiger partial charge in [0.25, 0.3) is 5.56 Å². The zero-order valence-corrected chi connectivity index (χ0v) is 8.13. The molecule has 0 aliphatic rings. The molecular weight excluding hydrogens is 214 g/mol. The highest BCUT2D eigenvalue weighted by Gasteiger charge is 2.10. The van der Waals surface area contributed by atoms with Crippen LogP contribution in [0.5, 0.6) is 0 Å². The average Bonchev–Trinajstić information content (AvgIpc) is 2.26. The predicted octanol–water partition coefficient (Wildman–Crippen LogP) is 1.90. The first kappa shape index (κ1) is 10.4. The topological polar surface area (TPSA) is 58.9 Å². The molecule has 3 nitrogen and oxygen atoms in total. The van der Waals surface area contributed by atoms with Gasteiger partial charge in [-0.15, -0.1) is 0 Å². The number of pyridine rings is 1. The number of H-pyrrole nitrogens is 1. The maximum atomic E-state index is 13.4.